The van der Waals surface area contributed by atoms with Crippen molar-refractivity contribution in [2.24, 2.45) is 0 Å². The molecular weight excluding hydrogens is 242 g/mol. The van der Waals surface area contributed by atoms with Gasteiger partial charge in [-0.2, -0.15) is 0 Å². The molecule has 0 aliphatic rings. The van der Waals surface area contributed by atoms with Crippen LogP contribution in [0.2, 0.25) is 0 Å². The maximum absolute atomic E-state index is 5.80. The highest BCUT2D eigenvalue weighted by molar-refractivity contribution is 5.94. The van der Waals surface area contributed by atoms with Crippen LogP contribution in [-0.4, -0.2) is 15.3 Å². The van der Waals surface area contributed by atoms with Crippen LogP contribution in [0.25, 0.3) is 11.0 Å². The van der Waals surface area contributed by atoms with Gasteiger partial charge in [-0.25, -0.2) is 4.63 Å². The van der Waals surface area contributed by atoms with Gasteiger partial charge in [-0.05, 0) is 41.0 Å². The number of aromatic nitrogens is 3. The fourth-order valence-corrected chi connectivity index (χ4v) is 1.91. The number of pyridine rings is 1. The van der Waals surface area contributed by atoms with Gasteiger partial charge in [-0.1, -0.05) is 6.07 Å². The van der Waals surface area contributed by atoms with Crippen molar-refractivity contribution in [3.8, 4) is 0 Å². The molecule has 0 fully saturated rings. The summed E-state index contributed by atoms with van der Waals surface area (Å²) in [7, 11) is 0. The van der Waals surface area contributed by atoms with Gasteiger partial charge in [0.2, 0.25) is 0 Å². The molecule has 0 saturated heterocycles. The van der Waals surface area contributed by atoms with Crippen LogP contribution in [0.4, 0.5) is 11.4 Å². The Hall–Kier alpha value is -2.63. The number of anilines is 2. The molecule has 2 aromatic heterocycles. The number of nitrogens with one attached hydrogen (secondary N) is 1. The summed E-state index contributed by atoms with van der Waals surface area (Å²) in [5.41, 5.74) is 10.5. The van der Waals surface area contributed by atoms with Crippen LogP contribution < -0.4 is 11.1 Å². The van der Waals surface area contributed by atoms with Crippen molar-refractivity contribution < 1.29 is 4.63 Å². The normalized spacial score (nSPS) is 10.8. The largest absolute Gasteiger partial charge is 0.397 e. The molecule has 6 nitrogen and oxygen atoms in total. The van der Waals surface area contributed by atoms with Crippen LogP contribution in [0.3, 0.4) is 0 Å². The van der Waals surface area contributed by atoms with Gasteiger partial charge in [0.15, 0.2) is 11.0 Å². The van der Waals surface area contributed by atoms with E-state index in [4.69, 9.17) is 10.4 Å². The minimum absolute atomic E-state index is 0.552. The lowest BCUT2D eigenvalue weighted by Gasteiger charge is -2.08. The highest BCUT2D eigenvalue weighted by Crippen LogP contribution is 2.25. The predicted octanol–water partition coefficient (Wildman–Crippen LogP) is 2.12. The lowest BCUT2D eigenvalue weighted by atomic mass is 10.2. The van der Waals surface area contributed by atoms with Crippen LogP contribution in [0.5, 0.6) is 0 Å². The molecule has 2 heterocycles. The Labute approximate surface area is 109 Å². The van der Waals surface area contributed by atoms with E-state index in [1.54, 1.807) is 12.3 Å². The summed E-state index contributed by atoms with van der Waals surface area (Å²) in [6.07, 6.45) is 1.78. The van der Waals surface area contributed by atoms with Crippen LogP contribution in [0.15, 0.2) is 35.1 Å². The van der Waals surface area contributed by atoms with Crippen LogP contribution in [0.1, 0.15) is 11.3 Å². The quantitative estimate of drug-likeness (QED) is 0.697. The summed E-state index contributed by atoms with van der Waals surface area (Å²) in [6.45, 7) is 2.64. The minimum atomic E-state index is 0.552. The number of hydrogen-bond acceptors (Lipinski definition) is 6. The number of fused-ring (bicyclic) bond motifs is 1. The Morgan fingerprint density at radius 2 is 2.05 bits per heavy atom. The van der Waals surface area contributed by atoms with E-state index >= 15 is 0 Å². The van der Waals surface area contributed by atoms with Gasteiger partial charge >= 0.3 is 0 Å². The maximum Gasteiger partial charge on any atom is 0.160 e. The summed E-state index contributed by atoms with van der Waals surface area (Å²) in [6, 6.07) is 7.59. The minimum Gasteiger partial charge on any atom is -0.397 e. The first-order chi connectivity index (χ1) is 9.25. The van der Waals surface area contributed by atoms with Gasteiger partial charge in [-0.15, -0.1) is 0 Å². The first-order valence-electron chi connectivity index (χ1n) is 5.91. The molecule has 0 aliphatic heterocycles. The van der Waals surface area contributed by atoms with Crippen molar-refractivity contribution >= 4 is 22.4 Å². The second-order valence-corrected chi connectivity index (χ2v) is 4.28. The number of nitrogens with zero attached hydrogens (tertiary/aromatic N) is 3. The lowest BCUT2D eigenvalue weighted by molar-refractivity contribution is 0.316. The predicted molar refractivity (Wildman–Crippen MR) is 72.5 cm³/mol. The van der Waals surface area contributed by atoms with Crippen LogP contribution >= 0.6 is 0 Å². The van der Waals surface area contributed by atoms with Crippen LogP contribution in [-0.2, 0) is 6.54 Å². The zero-order valence-electron chi connectivity index (χ0n) is 10.4. The highest BCUT2D eigenvalue weighted by atomic mass is 16.6. The van der Waals surface area contributed by atoms with E-state index < -0.39 is 0 Å². The molecule has 0 spiro atoms. The molecule has 0 bridgehead atoms. The van der Waals surface area contributed by atoms with Gasteiger partial charge < -0.3 is 11.1 Å². The SMILES string of the molecule is Cc1cccnc1CNc1ccc(N)c2nonc12. The van der Waals surface area contributed by atoms with Gasteiger partial charge in [0.05, 0.1) is 23.6 Å². The zero-order chi connectivity index (χ0) is 13.2. The van der Waals surface area contributed by atoms with Crippen molar-refractivity contribution in [1.29, 1.82) is 0 Å². The number of rotatable bonds is 3. The smallest absolute Gasteiger partial charge is 0.160 e. The van der Waals surface area contributed by atoms with Crippen molar-refractivity contribution in [1.82, 2.24) is 15.3 Å². The molecule has 1 aromatic carbocycles. The maximum atomic E-state index is 5.80. The average molecular weight is 255 g/mol. The molecule has 0 radical (unpaired) electrons. The molecular formula is C13H13N5O. The number of aryl methyl sites for hydroxylation is 1. The lowest BCUT2D eigenvalue weighted by Crippen LogP contribution is -2.04. The van der Waals surface area contributed by atoms with E-state index in [1.807, 2.05) is 25.1 Å². The van der Waals surface area contributed by atoms with Crippen molar-refractivity contribution in [2.75, 3.05) is 11.1 Å². The Bertz CT molecular complexity index is 722. The van der Waals surface area contributed by atoms with E-state index in [0.717, 1.165) is 16.9 Å². The average Bonchev–Trinajstić information content (AvgIpc) is 2.90. The second kappa shape index (κ2) is 4.56. The summed E-state index contributed by atoms with van der Waals surface area (Å²) in [5.74, 6) is 0. The van der Waals surface area contributed by atoms with Crippen LogP contribution in [0, 0.1) is 6.92 Å². The fourth-order valence-electron chi connectivity index (χ4n) is 1.91. The molecule has 0 saturated carbocycles. The summed E-state index contributed by atoms with van der Waals surface area (Å²) in [5, 5.41) is 10.9. The first-order valence-corrected chi connectivity index (χ1v) is 5.91. The van der Waals surface area contributed by atoms with Gasteiger partial charge in [0, 0.05) is 6.20 Å². The summed E-state index contributed by atoms with van der Waals surface area (Å²) >= 11 is 0. The molecule has 3 aromatic rings. The molecule has 6 heteroatoms. The molecule has 0 atom stereocenters. The van der Waals surface area contributed by atoms with Gasteiger partial charge in [0.1, 0.15) is 0 Å². The third-order valence-corrected chi connectivity index (χ3v) is 3.01. The Balaban J connectivity index is 1.88. The molecule has 96 valence electrons. The second-order valence-electron chi connectivity index (χ2n) is 4.28. The Morgan fingerprint density at radius 1 is 1.21 bits per heavy atom. The van der Waals surface area contributed by atoms with E-state index in [9.17, 15) is 0 Å². The number of hydrogen-bond donors (Lipinski definition) is 2. The zero-order valence-corrected chi connectivity index (χ0v) is 10.4. The number of nitrogens with two attached hydrogens (primary N) is 1. The van der Waals surface area contributed by atoms with E-state index in [1.165, 1.54) is 0 Å². The monoisotopic (exact) mass is 255 g/mol. The van der Waals surface area contributed by atoms with Crippen molar-refractivity contribution in [3.63, 3.8) is 0 Å². The van der Waals surface area contributed by atoms with E-state index in [2.05, 4.69) is 20.6 Å². The molecule has 3 rings (SSSR count). The Kier molecular flexibility index (Phi) is 2.75. The third-order valence-electron chi connectivity index (χ3n) is 3.01. The van der Waals surface area contributed by atoms with Crippen molar-refractivity contribution in [2.45, 2.75) is 13.5 Å². The molecule has 3 N–H and O–H groups in total. The Morgan fingerprint density at radius 3 is 2.89 bits per heavy atom. The van der Waals surface area contributed by atoms with Crippen molar-refractivity contribution in [3.05, 3.63) is 41.7 Å². The topological polar surface area (TPSA) is 89.9 Å². The first kappa shape index (κ1) is 11.5. The van der Waals surface area contributed by atoms with E-state index in [-0.39, 0.29) is 0 Å². The highest BCUT2D eigenvalue weighted by Gasteiger charge is 2.10. The van der Waals surface area contributed by atoms with Gasteiger partial charge in [0.25, 0.3) is 0 Å². The van der Waals surface area contributed by atoms with E-state index in [0.29, 0.717) is 23.3 Å². The summed E-state index contributed by atoms with van der Waals surface area (Å²) < 4.78 is 4.73. The summed E-state index contributed by atoms with van der Waals surface area (Å²) in [4.78, 5) is 4.33. The van der Waals surface area contributed by atoms with Gasteiger partial charge in [-0.3, -0.25) is 4.98 Å². The standard InChI is InChI=1S/C13H13N5O/c1-8-3-2-6-15-11(8)7-16-10-5-4-9(14)12-13(10)18-19-17-12/h2-6,16H,7,14H2,1H3. The number of benzene rings is 1. The third kappa shape index (κ3) is 2.08. The molecule has 0 aliphatic carbocycles. The number of nitrogen functional groups attached to an aromatic ring is 1. The molecule has 19 heavy (non-hydrogen) atoms. The fraction of sp³-hybridized carbons (Fsp3) is 0.154. The molecule has 0 amide bonds. The molecule has 0 unspecified atom stereocenters.